The normalized spacial score (nSPS) is 16.4. The number of likely N-dealkylation sites (tertiary alicyclic amines) is 1. The fourth-order valence-electron chi connectivity index (χ4n) is 3.52. The minimum atomic E-state index is 0.0473. The van der Waals surface area contributed by atoms with Crippen molar-refractivity contribution in [1.29, 1.82) is 0 Å². The summed E-state index contributed by atoms with van der Waals surface area (Å²) in [5.74, 6) is 0.265. The Morgan fingerprint density at radius 1 is 1.21 bits per heavy atom. The number of hydrogen-bond acceptors (Lipinski definition) is 8. The summed E-state index contributed by atoms with van der Waals surface area (Å²) in [4.78, 5) is 25.0. The summed E-state index contributed by atoms with van der Waals surface area (Å²) in [6, 6.07) is 4.09. The van der Waals surface area contributed by atoms with Gasteiger partial charge in [-0.15, -0.1) is 11.3 Å². The summed E-state index contributed by atoms with van der Waals surface area (Å²) >= 11 is 1.65. The fraction of sp³-hybridized carbons (Fsp3) is 0.450. The van der Waals surface area contributed by atoms with E-state index in [4.69, 9.17) is 9.61 Å². The second-order valence-corrected chi connectivity index (χ2v) is 8.71. The van der Waals surface area contributed by atoms with Gasteiger partial charge in [0.25, 0.3) is 0 Å². The molecule has 3 aromatic rings. The van der Waals surface area contributed by atoms with Gasteiger partial charge in [0.1, 0.15) is 11.4 Å². The minimum absolute atomic E-state index is 0.0473. The van der Waals surface area contributed by atoms with Gasteiger partial charge in [-0.25, -0.2) is 9.61 Å². The van der Waals surface area contributed by atoms with E-state index in [0.29, 0.717) is 17.9 Å². The summed E-state index contributed by atoms with van der Waals surface area (Å²) in [6.07, 6.45) is 1.12. The van der Waals surface area contributed by atoms with Gasteiger partial charge in [-0.2, -0.15) is 0 Å². The summed E-state index contributed by atoms with van der Waals surface area (Å²) in [5.41, 5.74) is 5.25. The smallest absolute Gasteiger partial charge is 0.228 e. The van der Waals surface area contributed by atoms with E-state index >= 15 is 0 Å². The highest BCUT2D eigenvalue weighted by Gasteiger charge is 2.29. The molecule has 9 heteroatoms. The van der Waals surface area contributed by atoms with E-state index in [9.17, 15) is 4.79 Å². The molecule has 8 nitrogen and oxygen atoms in total. The average Bonchev–Trinajstić information content (AvgIpc) is 3.37. The molecule has 4 heterocycles. The van der Waals surface area contributed by atoms with E-state index in [-0.39, 0.29) is 18.2 Å². The number of rotatable bonds is 5. The van der Waals surface area contributed by atoms with Crippen molar-refractivity contribution in [2.45, 2.75) is 46.5 Å². The molecule has 4 rings (SSSR count). The molecule has 0 aromatic carbocycles. The average molecular weight is 413 g/mol. The van der Waals surface area contributed by atoms with Crippen LogP contribution in [-0.4, -0.2) is 44.2 Å². The molecule has 0 radical (unpaired) electrons. The quantitative estimate of drug-likeness (QED) is 0.685. The van der Waals surface area contributed by atoms with E-state index in [1.165, 1.54) is 4.88 Å². The lowest BCUT2D eigenvalue weighted by molar-refractivity contribution is -0.129. The number of carbonyl (C=O) groups is 1. The number of nitrogens with one attached hydrogen (secondary N) is 1. The van der Waals surface area contributed by atoms with E-state index < -0.39 is 0 Å². The van der Waals surface area contributed by atoms with Crippen molar-refractivity contribution in [3.8, 4) is 0 Å². The highest BCUT2D eigenvalue weighted by Crippen LogP contribution is 2.30. The molecule has 1 atom stereocenters. The molecule has 0 spiro atoms. The van der Waals surface area contributed by atoms with Gasteiger partial charge < -0.3 is 10.2 Å². The number of aryl methyl sites for hydroxylation is 4. The number of amides is 1. The van der Waals surface area contributed by atoms with Gasteiger partial charge in [-0.3, -0.25) is 9.78 Å². The van der Waals surface area contributed by atoms with Crippen LogP contribution in [0.25, 0.3) is 0 Å². The predicted octanol–water partition coefficient (Wildman–Crippen LogP) is 3.46. The molecule has 0 unspecified atom stereocenters. The molecule has 1 saturated heterocycles. The first-order chi connectivity index (χ1) is 13.9. The number of thiazole rings is 1. The zero-order valence-corrected chi connectivity index (χ0v) is 17.8. The van der Waals surface area contributed by atoms with Crippen LogP contribution in [0.2, 0.25) is 0 Å². The van der Waals surface area contributed by atoms with Crippen LogP contribution in [0.3, 0.4) is 0 Å². The van der Waals surface area contributed by atoms with Crippen LogP contribution in [0.15, 0.2) is 16.8 Å². The number of anilines is 2. The first-order valence-electron chi connectivity index (χ1n) is 9.64. The maximum Gasteiger partial charge on any atom is 0.228 e. The fourth-order valence-corrected chi connectivity index (χ4v) is 4.35. The molecule has 152 valence electrons. The van der Waals surface area contributed by atoms with Gasteiger partial charge in [-0.1, -0.05) is 10.3 Å². The molecule has 1 amide bonds. The summed E-state index contributed by atoms with van der Waals surface area (Å²) < 4.78 is 4.69. The van der Waals surface area contributed by atoms with Crippen molar-refractivity contribution in [2.75, 3.05) is 18.4 Å². The minimum Gasteiger partial charge on any atom is -0.342 e. The molecular weight excluding hydrogens is 388 g/mol. The van der Waals surface area contributed by atoms with Gasteiger partial charge >= 0.3 is 0 Å². The monoisotopic (exact) mass is 412 g/mol. The van der Waals surface area contributed by atoms with Crippen molar-refractivity contribution in [3.63, 3.8) is 0 Å². The van der Waals surface area contributed by atoms with Crippen molar-refractivity contribution in [3.05, 3.63) is 45.5 Å². The van der Waals surface area contributed by atoms with Gasteiger partial charge in [0.05, 0.1) is 12.1 Å². The standard InChI is InChI=1S/C20H24N6O2S/c1-11-7-16(23-20-22-12(2)14(4)29-20)8-18(21-11)15-5-6-26(10-15)19(27)9-17-13(3)24-28-25-17/h7-8,15H,5-6,9-10H2,1-4H3,(H,21,22,23)/t15-/m1/s1. The Bertz CT molecular complexity index is 1020. The number of pyridine rings is 1. The zero-order chi connectivity index (χ0) is 20.5. The van der Waals surface area contributed by atoms with E-state index in [2.05, 4.69) is 33.6 Å². The van der Waals surface area contributed by atoms with E-state index in [0.717, 1.165) is 40.9 Å². The molecule has 3 aromatic heterocycles. The van der Waals surface area contributed by atoms with Crippen LogP contribution in [0, 0.1) is 27.7 Å². The Morgan fingerprint density at radius 3 is 2.72 bits per heavy atom. The number of aromatic nitrogens is 4. The topological polar surface area (TPSA) is 97.0 Å². The van der Waals surface area contributed by atoms with Crippen molar-refractivity contribution in [1.82, 2.24) is 25.2 Å². The molecule has 1 aliphatic rings. The predicted molar refractivity (Wildman–Crippen MR) is 111 cm³/mol. The second kappa shape index (κ2) is 7.90. The molecule has 0 aliphatic carbocycles. The maximum atomic E-state index is 12.6. The first kappa shape index (κ1) is 19.5. The van der Waals surface area contributed by atoms with E-state index in [1.807, 2.05) is 24.8 Å². The third-order valence-electron chi connectivity index (χ3n) is 5.28. The molecular formula is C20H24N6O2S. The largest absolute Gasteiger partial charge is 0.342 e. The number of hydrogen-bond donors (Lipinski definition) is 1. The molecule has 1 fully saturated rings. The van der Waals surface area contributed by atoms with Crippen LogP contribution in [0.4, 0.5) is 10.8 Å². The van der Waals surface area contributed by atoms with Gasteiger partial charge in [0.2, 0.25) is 5.91 Å². The summed E-state index contributed by atoms with van der Waals surface area (Å²) in [7, 11) is 0. The Labute approximate surface area is 173 Å². The Balaban J connectivity index is 1.45. The Kier molecular flexibility index (Phi) is 5.31. The third kappa shape index (κ3) is 4.29. The van der Waals surface area contributed by atoms with Gasteiger partial charge in [0.15, 0.2) is 5.13 Å². The molecule has 0 saturated carbocycles. The van der Waals surface area contributed by atoms with Crippen LogP contribution in [-0.2, 0) is 11.2 Å². The van der Waals surface area contributed by atoms with Crippen molar-refractivity contribution < 1.29 is 9.42 Å². The second-order valence-electron chi connectivity index (χ2n) is 7.51. The number of carbonyl (C=O) groups excluding carboxylic acids is 1. The van der Waals surface area contributed by atoms with Gasteiger partial charge in [-0.05, 0) is 46.2 Å². The van der Waals surface area contributed by atoms with Gasteiger partial charge in [0, 0.05) is 41.0 Å². The van der Waals surface area contributed by atoms with Crippen LogP contribution < -0.4 is 5.32 Å². The highest BCUT2D eigenvalue weighted by molar-refractivity contribution is 7.15. The Hall–Kier alpha value is -2.81. The summed E-state index contributed by atoms with van der Waals surface area (Å²) in [5, 5.41) is 11.8. The van der Waals surface area contributed by atoms with Crippen LogP contribution in [0.5, 0.6) is 0 Å². The Morgan fingerprint density at radius 2 is 2.03 bits per heavy atom. The highest BCUT2D eigenvalue weighted by atomic mass is 32.1. The lowest BCUT2D eigenvalue weighted by Gasteiger charge is -2.16. The molecule has 1 N–H and O–H groups in total. The maximum absolute atomic E-state index is 12.6. The lowest BCUT2D eigenvalue weighted by atomic mass is 10.0. The van der Waals surface area contributed by atoms with Crippen LogP contribution >= 0.6 is 11.3 Å². The number of nitrogens with zero attached hydrogens (tertiary/aromatic N) is 5. The third-order valence-corrected chi connectivity index (χ3v) is 6.27. The molecule has 1 aliphatic heterocycles. The first-order valence-corrected chi connectivity index (χ1v) is 10.5. The van der Waals surface area contributed by atoms with Crippen molar-refractivity contribution in [2.24, 2.45) is 0 Å². The lowest BCUT2D eigenvalue weighted by Crippen LogP contribution is -2.30. The van der Waals surface area contributed by atoms with Crippen LogP contribution in [0.1, 0.15) is 45.7 Å². The molecule has 0 bridgehead atoms. The zero-order valence-electron chi connectivity index (χ0n) is 17.0. The van der Waals surface area contributed by atoms with Crippen molar-refractivity contribution >= 4 is 28.1 Å². The summed E-state index contributed by atoms with van der Waals surface area (Å²) in [6.45, 7) is 9.25. The van der Waals surface area contributed by atoms with E-state index in [1.54, 1.807) is 18.3 Å². The SMILES string of the molecule is Cc1cc(Nc2nc(C)c(C)s2)cc([C@@H]2CCN(C(=O)Cc3nonc3C)C2)n1. The molecule has 29 heavy (non-hydrogen) atoms.